The third-order valence-electron chi connectivity index (χ3n) is 5.60. The number of sulfonamides is 1. The molecule has 2 heterocycles. The summed E-state index contributed by atoms with van der Waals surface area (Å²) in [6, 6.07) is 5.40. The van der Waals surface area contributed by atoms with Crippen LogP contribution in [-0.4, -0.2) is 61.2 Å². The number of carbonyl (C=O) groups is 2. The standard InChI is InChI=1S/C23H30F3N5O6S/c1-6-9-30-20(10-14(2)29-30)38(34,35)31-13-17(12-27-15(3)32)36-19-8-7-16(11-18(19)31)28-21(33)37-22(4,5)23(24,25)26/h7-8,10-11,17H,6,9,12-13H2,1-5H3,(H,27,32)(H,28,33). The van der Waals surface area contributed by atoms with E-state index in [2.05, 4.69) is 20.5 Å². The van der Waals surface area contributed by atoms with Crippen LogP contribution < -0.4 is 19.7 Å². The first kappa shape index (κ1) is 29.1. The molecule has 1 aliphatic rings. The van der Waals surface area contributed by atoms with E-state index >= 15 is 0 Å². The number of aromatic nitrogens is 2. The van der Waals surface area contributed by atoms with Crippen molar-refractivity contribution >= 4 is 33.4 Å². The fourth-order valence-electron chi connectivity index (χ4n) is 3.63. The Labute approximate surface area is 218 Å². The normalized spacial score (nSPS) is 15.9. The predicted octanol–water partition coefficient (Wildman–Crippen LogP) is 3.58. The zero-order valence-corrected chi connectivity index (χ0v) is 22.4. The number of hydrogen-bond acceptors (Lipinski definition) is 7. The molecule has 0 aliphatic carbocycles. The number of halogens is 3. The third-order valence-corrected chi connectivity index (χ3v) is 7.38. The molecule has 38 heavy (non-hydrogen) atoms. The first-order chi connectivity index (χ1) is 17.5. The summed E-state index contributed by atoms with van der Waals surface area (Å²) in [5, 5.41) is 9.00. The highest BCUT2D eigenvalue weighted by Gasteiger charge is 2.51. The molecule has 3 rings (SSSR count). The molecule has 1 atom stereocenters. The lowest BCUT2D eigenvalue weighted by Gasteiger charge is -2.35. The van der Waals surface area contributed by atoms with Crippen molar-refractivity contribution in [1.29, 1.82) is 0 Å². The maximum atomic E-state index is 13.9. The number of anilines is 2. The molecule has 2 N–H and O–H groups in total. The Morgan fingerprint density at radius 1 is 1.24 bits per heavy atom. The summed E-state index contributed by atoms with van der Waals surface area (Å²) in [5.41, 5.74) is -2.24. The average molecular weight is 562 g/mol. The molecule has 2 amide bonds. The second kappa shape index (κ2) is 10.7. The van der Waals surface area contributed by atoms with Crippen molar-refractivity contribution in [3.05, 3.63) is 30.0 Å². The summed E-state index contributed by atoms with van der Waals surface area (Å²) in [6.07, 6.45) is -6.31. The van der Waals surface area contributed by atoms with Gasteiger partial charge < -0.3 is 14.8 Å². The molecule has 15 heteroatoms. The first-order valence-corrected chi connectivity index (χ1v) is 13.2. The molecule has 1 aromatic carbocycles. The van der Waals surface area contributed by atoms with Gasteiger partial charge in [0.1, 0.15) is 11.9 Å². The minimum Gasteiger partial charge on any atom is -0.484 e. The number of nitrogens with one attached hydrogen (secondary N) is 2. The zero-order chi connectivity index (χ0) is 28.5. The van der Waals surface area contributed by atoms with Gasteiger partial charge in [-0.25, -0.2) is 4.79 Å². The molecular weight excluding hydrogens is 531 g/mol. The van der Waals surface area contributed by atoms with E-state index in [-0.39, 0.29) is 41.1 Å². The second-order valence-electron chi connectivity index (χ2n) is 9.27. The Hall–Kier alpha value is -3.49. The SMILES string of the molecule is CCCn1nc(C)cc1S(=O)(=O)N1CC(CNC(C)=O)Oc2ccc(NC(=O)OC(C)(C)C(F)(F)F)cc21. The number of nitrogens with zero attached hydrogens (tertiary/aromatic N) is 3. The molecule has 0 spiro atoms. The molecule has 11 nitrogen and oxygen atoms in total. The summed E-state index contributed by atoms with van der Waals surface area (Å²) in [4.78, 5) is 23.6. The van der Waals surface area contributed by atoms with Crippen LogP contribution in [0, 0.1) is 6.92 Å². The maximum absolute atomic E-state index is 13.9. The number of hydrogen-bond donors (Lipinski definition) is 2. The summed E-state index contributed by atoms with van der Waals surface area (Å²) in [5.74, 6) is -0.201. The van der Waals surface area contributed by atoms with Crippen molar-refractivity contribution in [1.82, 2.24) is 15.1 Å². The summed E-state index contributed by atoms with van der Waals surface area (Å²) < 4.78 is 79.9. The van der Waals surface area contributed by atoms with Crippen LogP contribution >= 0.6 is 0 Å². The quantitative estimate of drug-likeness (QED) is 0.504. The van der Waals surface area contributed by atoms with E-state index in [1.807, 2.05) is 6.92 Å². The summed E-state index contributed by atoms with van der Waals surface area (Å²) in [6.45, 7) is 6.43. The van der Waals surface area contributed by atoms with Crippen LogP contribution in [0.25, 0.3) is 0 Å². The highest BCUT2D eigenvalue weighted by Crippen LogP contribution is 2.39. The van der Waals surface area contributed by atoms with Gasteiger partial charge >= 0.3 is 12.3 Å². The molecule has 210 valence electrons. The number of amides is 2. The smallest absolute Gasteiger partial charge is 0.427 e. The lowest BCUT2D eigenvalue weighted by atomic mass is 10.1. The van der Waals surface area contributed by atoms with Gasteiger partial charge in [-0.1, -0.05) is 6.92 Å². The fraction of sp³-hybridized carbons (Fsp3) is 0.522. The van der Waals surface area contributed by atoms with Gasteiger partial charge in [-0.05, 0) is 51.5 Å². The van der Waals surface area contributed by atoms with Gasteiger partial charge in [0.05, 0.1) is 24.5 Å². The molecule has 0 radical (unpaired) electrons. The van der Waals surface area contributed by atoms with Crippen molar-refractivity contribution in [2.24, 2.45) is 0 Å². The van der Waals surface area contributed by atoms with E-state index in [0.717, 1.165) is 4.31 Å². The molecule has 0 bridgehead atoms. The van der Waals surface area contributed by atoms with Crippen molar-refractivity contribution in [3.63, 3.8) is 0 Å². The molecule has 0 saturated carbocycles. The van der Waals surface area contributed by atoms with Crippen molar-refractivity contribution < 1.29 is 40.7 Å². The third kappa shape index (κ3) is 6.31. The number of ether oxygens (including phenoxy) is 2. The van der Waals surface area contributed by atoms with Crippen LogP contribution in [0.5, 0.6) is 5.75 Å². The lowest BCUT2D eigenvalue weighted by Crippen LogP contribution is -2.48. The van der Waals surface area contributed by atoms with Crippen LogP contribution in [0.3, 0.4) is 0 Å². The predicted molar refractivity (Wildman–Crippen MR) is 132 cm³/mol. The molecule has 2 aromatic rings. The van der Waals surface area contributed by atoms with Crippen LogP contribution in [0.1, 0.15) is 39.8 Å². The van der Waals surface area contributed by atoms with Gasteiger partial charge in [0, 0.05) is 19.2 Å². The van der Waals surface area contributed by atoms with E-state index in [9.17, 15) is 31.2 Å². The number of benzene rings is 1. The van der Waals surface area contributed by atoms with Gasteiger partial charge in [0.25, 0.3) is 10.0 Å². The minimum atomic E-state index is -4.80. The number of carbonyl (C=O) groups excluding carboxylic acids is 2. The van der Waals surface area contributed by atoms with Crippen LogP contribution in [0.15, 0.2) is 29.3 Å². The molecular formula is C23H30F3N5O6S. The monoisotopic (exact) mass is 561 g/mol. The van der Waals surface area contributed by atoms with Crippen LogP contribution in [-0.2, 0) is 26.1 Å². The van der Waals surface area contributed by atoms with E-state index in [0.29, 0.717) is 32.5 Å². The van der Waals surface area contributed by atoms with Gasteiger partial charge in [-0.15, -0.1) is 0 Å². The molecule has 1 unspecified atom stereocenters. The van der Waals surface area contributed by atoms with Gasteiger partial charge in [0.2, 0.25) is 11.5 Å². The Morgan fingerprint density at radius 2 is 1.92 bits per heavy atom. The molecule has 1 aromatic heterocycles. The van der Waals surface area contributed by atoms with Crippen LogP contribution in [0.2, 0.25) is 0 Å². The topological polar surface area (TPSA) is 132 Å². The van der Waals surface area contributed by atoms with Gasteiger partial charge in [-0.3, -0.25) is 19.1 Å². The highest BCUT2D eigenvalue weighted by atomic mass is 32.2. The Kier molecular flexibility index (Phi) is 8.19. The van der Waals surface area contributed by atoms with E-state index < -0.39 is 34.0 Å². The van der Waals surface area contributed by atoms with E-state index in [4.69, 9.17) is 4.74 Å². The Bertz CT molecular complexity index is 1310. The largest absolute Gasteiger partial charge is 0.484 e. The minimum absolute atomic E-state index is 0.0194. The zero-order valence-electron chi connectivity index (χ0n) is 21.5. The second-order valence-corrected chi connectivity index (χ2v) is 11.1. The number of rotatable bonds is 8. The molecule has 1 aliphatic heterocycles. The van der Waals surface area contributed by atoms with Gasteiger partial charge in [0.15, 0.2) is 5.03 Å². The maximum Gasteiger partial charge on any atom is 0.427 e. The first-order valence-electron chi connectivity index (χ1n) is 11.7. The van der Waals surface area contributed by atoms with E-state index in [1.165, 1.54) is 35.9 Å². The van der Waals surface area contributed by atoms with Crippen molar-refractivity contribution in [2.75, 3.05) is 22.7 Å². The summed E-state index contributed by atoms with van der Waals surface area (Å²) in [7, 11) is -4.22. The number of fused-ring (bicyclic) bond motifs is 1. The highest BCUT2D eigenvalue weighted by molar-refractivity contribution is 7.92. The lowest BCUT2D eigenvalue weighted by molar-refractivity contribution is -0.242. The number of alkyl halides is 3. The Morgan fingerprint density at radius 3 is 2.53 bits per heavy atom. The van der Waals surface area contributed by atoms with Gasteiger partial charge in [-0.2, -0.15) is 26.7 Å². The molecule has 0 saturated heterocycles. The van der Waals surface area contributed by atoms with Crippen molar-refractivity contribution in [3.8, 4) is 5.75 Å². The number of aryl methyl sites for hydroxylation is 2. The van der Waals surface area contributed by atoms with Crippen molar-refractivity contribution in [2.45, 2.75) is 70.5 Å². The average Bonchev–Trinajstić information content (AvgIpc) is 3.17. The Balaban J connectivity index is 1.99. The summed E-state index contributed by atoms with van der Waals surface area (Å²) >= 11 is 0. The van der Waals surface area contributed by atoms with E-state index in [1.54, 1.807) is 6.92 Å². The van der Waals surface area contributed by atoms with Crippen LogP contribution in [0.4, 0.5) is 29.3 Å². The molecule has 0 fully saturated rings. The fourth-order valence-corrected chi connectivity index (χ4v) is 5.34.